The Balaban J connectivity index is 2.44. The highest BCUT2D eigenvalue weighted by atomic mass is 79.9. The molecule has 2 rings (SSSR count). The number of fused-ring (bicyclic) bond motifs is 1. The molecule has 1 aliphatic carbocycles. The molecule has 7 heteroatoms. The molecule has 2 nitrogen and oxygen atoms in total. The summed E-state index contributed by atoms with van der Waals surface area (Å²) in [6.07, 6.45) is 2.46. The van der Waals surface area contributed by atoms with Gasteiger partial charge in [0.15, 0.2) is 5.78 Å². The minimum Gasteiger partial charge on any atom is -0.294 e. The molecule has 0 atom stereocenters. The number of carbonyl (C=O) groups excluding carboxylic acids is 1. The number of hydrogen-bond donors (Lipinski definition) is 0. The van der Waals surface area contributed by atoms with Gasteiger partial charge in [-0.05, 0) is 34.1 Å². The van der Waals surface area contributed by atoms with E-state index in [4.69, 9.17) is 0 Å². The van der Waals surface area contributed by atoms with Crippen LogP contribution in [0.3, 0.4) is 0 Å². The van der Waals surface area contributed by atoms with Gasteiger partial charge in [-0.15, -0.1) is 0 Å². The van der Waals surface area contributed by atoms with Crippen LogP contribution >= 0.6 is 27.7 Å². The van der Waals surface area contributed by atoms with Crippen LogP contribution in [0.1, 0.15) is 12.8 Å². The Kier molecular flexibility index (Phi) is 3.00. The molecule has 0 bridgehead atoms. The number of hydrogen-bond acceptors (Lipinski definition) is 3. The summed E-state index contributed by atoms with van der Waals surface area (Å²) in [6.45, 7) is 0. The van der Waals surface area contributed by atoms with Crippen molar-refractivity contribution in [2.75, 3.05) is 0 Å². The molecule has 16 heavy (non-hydrogen) atoms. The third-order valence-electron chi connectivity index (χ3n) is 2.09. The van der Waals surface area contributed by atoms with Gasteiger partial charge in [0.25, 0.3) is 0 Å². The van der Waals surface area contributed by atoms with Gasteiger partial charge in [0.1, 0.15) is 4.62 Å². The molecule has 2 aliphatic rings. The van der Waals surface area contributed by atoms with Crippen LogP contribution in [-0.4, -0.2) is 15.9 Å². The lowest BCUT2D eigenvalue weighted by Crippen LogP contribution is -2.10. The first-order chi connectivity index (χ1) is 7.38. The van der Waals surface area contributed by atoms with Crippen molar-refractivity contribution in [3.8, 4) is 0 Å². The number of Topliss-reactive ketones (excluding diaryl/α,β-unsaturated/α-hetero) is 1. The third-order valence-corrected chi connectivity index (χ3v) is 3.76. The highest BCUT2D eigenvalue weighted by Gasteiger charge is 2.38. The van der Waals surface area contributed by atoms with Crippen LogP contribution in [-0.2, 0) is 4.79 Å². The molecule has 0 saturated carbocycles. The van der Waals surface area contributed by atoms with Gasteiger partial charge in [0.05, 0.1) is 16.2 Å². The number of alkyl halides is 3. The van der Waals surface area contributed by atoms with E-state index in [1.165, 1.54) is 0 Å². The number of thioether (sulfide) groups is 1. The van der Waals surface area contributed by atoms with Crippen LogP contribution in [0.25, 0.3) is 0 Å². The molecule has 1 heterocycles. The van der Waals surface area contributed by atoms with E-state index in [1.807, 2.05) is 0 Å². The predicted molar refractivity (Wildman–Crippen MR) is 59.4 cm³/mol. The van der Waals surface area contributed by atoms with E-state index in [0.717, 1.165) is 0 Å². The molecule has 0 saturated heterocycles. The number of aliphatic imine (C=N–C) groups is 1. The largest absolute Gasteiger partial charge is 0.446 e. The van der Waals surface area contributed by atoms with Crippen molar-refractivity contribution < 1.29 is 18.0 Å². The minimum absolute atomic E-state index is 0.0892. The smallest absolute Gasteiger partial charge is 0.294 e. The fraction of sp³-hybridized carbons (Fsp3) is 0.333. The minimum atomic E-state index is -4.41. The Morgan fingerprint density at radius 2 is 2.12 bits per heavy atom. The van der Waals surface area contributed by atoms with Crippen molar-refractivity contribution in [3.63, 3.8) is 0 Å². The molecule has 0 amide bonds. The van der Waals surface area contributed by atoms with Crippen molar-refractivity contribution in [1.29, 1.82) is 0 Å². The average molecular weight is 312 g/mol. The number of ketones is 1. The van der Waals surface area contributed by atoms with Gasteiger partial charge in [-0.1, -0.05) is 6.08 Å². The standard InChI is InChI=1S/C9H5BrF3NOS/c10-8-7(16-9(11,12)13)6-4(14-8)2-1-3-5(6)15/h2H,1,3H2. The Labute approximate surface area is 102 Å². The summed E-state index contributed by atoms with van der Waals surface area (Å²) in [7, 11) is 0. The monoisotopic (exact) mass is 311 g/mol. The number of allylic oxidation sites excluding steroid dienone is 3. The van der Waals surface area contributed by atoms with Crippen molar-refractivity contribution in [2.24, 2.45) is 4.99 Å². The maximum absolute atomic E-state index is 12.3. The third kappa shape index (κ3) is 2.24. The van der Waals surface area contributed by atoms with Crippen molar-refractivity contribution in [1.82, 2.24) is 0 Å². The number of halogens is 4. The Morgan fingerprint density at radius 1 is 1.44 bits per heavy atom. The lowest BCUT2D eigenvalue weighted by molar-refractivity contribution is -0.115. The lowest BCUT2D eigenvalue weighted by atomic mass is 9.98. The van der Waals surface area contributed by atoms with Gasteiger partial charge in [-0.3, -0.25) is 4.79 Å². The van der Waals surface area contributed by atoms with Crippen LogP contribution < -0.4 is 0 Å². The molecule has 0 aromatic rings. The zero-order valence-corrected chi connectivity index (χ0v) is 10.2. The molecule has 0 spiro atoms. The topological polar surface area (TPSA) is 29.4 Å². The molecule has 0 N–H and O–H groups in total. The molecule has 0 aromatic heterocycles. The second-order valence-electron chi connectivity index (χ2n) is 3.21. The van der Waals surface area contributed by atoms with Crippen LogP contribution in [0.5, 0.6) is 0 Å². The summed E-state index contributed by atoms with van der Waals surface area (Å²) in [5, 5.41) is 0. The lowest BCUT2D eigenvalue weighted by Gasteiger charge is -2.11. The van der Waals surface area contributed by atoms with Gasteiger partial charge in [0, 0.05) is 6.42 Å². The molecule has 0 unspecified atom stereocenters. The van der Waals surface area contributed by atoms with E-state index >= 15 is 0 Å². The zero-order chi connectivity index (χ0) is 11.9. The molecule has 1 aliphatic heterocycles. The van der Waals surface area contributed by atoms with E-state index in [2.05, 4.69) is 20.9 Å². The highest BCUT2D eigenvalue weighted by Crippen LogP contribution is 2.45. The number of carbonyl (C=O) groups is 1. The number of rotatable bonds is 1. The second kappa shape index (κ2) is 4.03. The van der Waals surface area contributed by atoms with Crippen molar-refractivity contribution >= 4 is 38.1 Å². The van der Waals surface area contributed by atoms with Crippen molar-refractivity contribution in [3.05, 3.63) is 22.3 Å². The van der Waals surface area contributed by atoms with Crippen LogP contribution in [0.15, 0.2) is 27.2 Å². The molecule has 0 fully saturated rings. The Hall–Kier alpha value is -0.560. The second-order valence-corrected chi connectivity index (χ2v) is 5.03. The summed E-state index contributed by atoms with van der Waals surface area (Å²) in [4.78, 5) is 15.3. The maximum atomic E-state index is 12.3. The Bertz CT molecular complexity index is 450. The van der Waals surface area contributed by atoms with Gasteiger partial charge in [0.2, 0.25) is 0 Å². The summed E-state index contributed by atoms with van der Waals surface area (Å²) in [5.74, 6) is -0.276. The van der Waals surface area contributed by atoms with E-state index < -0.39 is 5.51 Å². The molecule has 0 aromatic carbocycles. The normalized spacial score (nSPS) is 20.9. The SMILES string of the molecule is O=C1CCC=C2N=C(Br)C(SC(F)(F)F)=C12. The number of nitrogens with zero attached hydrogens (tertiary/aromatic N) is 1. The average Bonchev–Trinajstić information content (AvgIpc) is 2.42. The summed E-state index contributed by atoms with van der Waals surface area (Å²) < 4.78 is 37.0. The first-order valence-electron chi connectivity index (χ1n) is 4.37. The maximum Gasteiger partial charge on any atom is 0.446 e. The predicted octanol–water partition coefficient (Wildman–Crippen LogP) is 3.55. The summed E-state index contributed by atoms with van der Waals surface area (Å²) in [5.41, 5.74) is -3.96. The highest BCUT2D eigenvalue weighted by molar-refractivity contribution is 9.18. The summed E-state index contributed by atoms with van der Waals surface area (Å²) >= 11 is 2.66. The van der Waals surface area contributed by atoms with E-state index in [-0.39, 0.29) is 39.1 Å². The molecule has 86 valence electrons. The first-order valence-corrected chi connectivity index (χ1v) is 5.98. The van der Waals surface area contributed by atoms with Gasteiger partial charge in [-0.25, -0.2) is 4.99 Å². The molecular weight excluding hydrogens is 307 g/mol. The van der Waals surface area contributed by atoms with Crippen LogP contribution in [0.2, 0.25) is 0 Å². The first kappa shape index (κ1) is 11.9. The van der Waals surface area contributed by atoms with Crippen molar-refractivity contribution in [2.45, 2.75) is 18.3 Å². The molecular formula is C9H5BrF3NOS. The van der Waals surface area contributed by atoms with E-state index in [9.17, 15) is 18.0 Å². The van der Waals surface area contributed by atoms with Gasteiger partial charge in [-0.2, -0.15) is 13.2 Å². The fourth-order valence-corrected chi connectivity index (χ4v) is 2.84. The quantitative estimate of drug-likeness (QED) is 0.741. The zero-order valence-electron chi connectivity index (χ0n) is 7.77. The van der Waals surface area contributed by atoms with Crippen LogP contribution in [0, 0.1) is 0 Å². The van der Waals surface area contributed by atoms with Gasteiger partial charge >= 0.3 is 5.51 Å². The Morgan fingerprint density at radius 3 is 2.75 bits per heavy atom. The summed E-state index contributed by atoms with van der Waals surface area (Å²) in [6, 6.07) is 0. The van der Waals surface area contributed by atoms with E-state index in [1.54, 1.807) is 6.08 Å². The van der Waals surface area contributed by atoms with Crippen LogP contribution in [0.4, 0.5) is 13.2 Å². The van der Waals surface area contributed by atoms with E-state index in [0.29, 0.717) is 12.1 Å². The molecule has 0 radical (unpaired) electrons. The fourth-order valence-electron chi connectivity index (χ4n) is 1.52. The van der Waals surface area contributed by atoms with Gasteiger partial charge < -0.3 is 0 Å².